The molecule has 0 spiro atoms. The fourth-order valence-electron chi connectivity index (χ4n) is 3.03. The highest BCUT2D eigenvalue weighted by Gasteiger charge is 2.22. The molecule has 1 aromatic rings. The zero-order valence-corrected chi connectivity index (χ0v) is 14.2. The molecule has 1 N–H and O–H groups in total. The number of hydrogen-bond donors (Lipinski definition) is 1. The molecule has 0 amide bonds. The van der Waals surface area contributed by atoms with Crippen LogP contribution in [-0.2, 0) is 6.54 Å². The summed E-state index contributed by atoms with van der Waals surface area (Å²) in [4.78, 5) is 4.59. The van der Waals surface area contributed by atoms with E-state index in [0.29, 0.717) is 17.4 Å². The van der Waals surface area contributed by atoms with Gasteiger partial charge in [0.05, 0.1) is 6.04 Å². The van der Waals surface area contributed by atoms with E-state index in [1.54, 1.807) is 0 Å². The molecule has 2 atom stereocenters. The maximum absolute atomic E-state index is 4.59. The molecular formula is C17H33N3. The van der Waals surface area contributed by atoms with Crippen molar-refractivity contribution in [2.75, 3.05) is 6.54 Å². The summed E-state index contributed by atoms with van der Waals surface area (Å²) in [5.41, 5.74) is 0.398. The highest BCUT2D eigenvalue weighted by atomic mass is 15.1. The number of nitrogens with one attached hydrogen (secondary N) is 1. The van der Waals surface area contributed by atoms with Gasteiger partial charge in [-0.2, -0.15) is 0 Å². The van der Waals surface area contributed by atoms with Crippen LogP contribution in [0, 0.1) is 11.3 Å². The standard InChI is InChI=1S/C17H33N3/c1-7-9-18-15(12-14(3)13-17(4,5)6)16-19-10-11-20(16)8-2/h10-11,14-15,18H,7-9,12-13H2,1-6H3. The lowest BCUT2D eigenvalue weighted by Gasteiger charge is -2.27. The first kappa shape index (κ1) is 17.2. The third-order valence-electron chi connectivity index (χ3n) is 3.64. The lowest BCUT2D eigenvalue weighted by molar-refractivity contribution is 0.271. The Labute approximate surface area is 125 Å². The normalized spacial score (nSPS) is 15.3. The smallest absolute Gasteiger partial charge is 0.125 e. The maximum atomic E-state index is 4.59. The molecule has 1 rings (SSSR count). The summed E-state index contributed by atoms with van der Waals surface area (Å²) in [7, 11) is 0. The molecule has 116 valence electrons. The van der Waals surface area contributed by atoms with Crippen molar-refractivity contribution in [1.29, 1.82) is 0 Å². The van der Waals surface area contributed by atoms with Crippen molar-refractivity contribution in [3.05, 3.63) is 18.2 Å². The van der Waals surface area contributed by atoms with Gasteiger partial charge >= 0.3 is 0 Å². The van der Waals surface area contributed by atoms with Crippen LogP contribution < -0.4 is 5.32 Å². The Balaban J connectivity index is 2.74. The zero-order valence-electron chi connectivity index (χ0n) is 14.2. The van der Waals surface area contributed by atoms with E-state index in [1.165, 1.54) is 12.2 Å². The molecule has 3 heteroatoms. The van der Waals surface area contributed by atoms with E-state index in [0.717, 1.165) is 25.9 Å². The summed E-state index contributed by atoms with van der Waals surface area (Å²) in [5, 5.41) is 3.68. The first-order chi connectivity index (χ1) is 9.37. The van der Waals surface area contributed by atoms with Crippen molar-refractivity contribution >= 4 is 0 Å². The Bertz CT molecular complexity index is 376. The second-order valence-electron chi connectivity index (χ2n) is 7.18. The van der Waals surface area contributed by atoms with Gasteiger partial charge in [-0.15, -0.1) is 0 Å². The van der Waals surface area contributed by atoms with E-state index in [2.05, 4.69) is 62.6 Å². The van der Waals surface area contributed by atoms with Crippen LogP contribution in [0.5, 0.6) is 0 Å². The van der Waals surface area contributed by atoms with Crippen molar-refractivity contribution in [1.82, 2.24) is 14.9 Å². The van der Waals surface area contributed by atoms with Crippen LogP contribution in [-0.4, -0.2) is 16.1 Å². The fourth-order valence-corrected chi connectivity index (χ4v) is 3.03. The molecule has 0 aliphatic heterocycles. The molecule has 0 aliphatic rings. The molecule has 0 bridgehead atoms. The Hall–Kier alpha value is -0.830. The van der Waals surface area contributed by atoms with Gasteiger partial charge in [-0.1, -0.05) is 34.6 Å². The molecule has 0 fully saturated rings. The second-order valence-corrected chi connectivity index (χ2v) is 7.18. The lowest BCUT2D eigenvalue weighted by Crippen LogP contribution is -2.27. The summed E-state index contributed by atoms with van der Waals surface area (Å²) in [6, 6.07) is 0.377. The molecule has 2 unspecified atom stereocenters. The molecule has 1 aromatic heterocycles. The summed E-state index contributed by atoms with van der Waals surface area (Å²) in [6.45, 7) is 15.8. The SMILES string of the molecule is CCCNC(CC(C)CC(C)(C)C)c1nccn1CC. The molecule has 1 heterocycles. The van der Waals surface area contributed by atoms with Gasteiger partial charge in [0.1, 0.15) is 5.82 Å². The van der Waals surface area contributed by atoms with Crippen LogP contribution in [0.1, 0.15) is 72.7 Å². The number of imidazole rings is 1. The highest BCUT2D eigenvalue weighted by molar-refractivity contribution is 5.00. The molecule has 0 saturated heterocycles. The monoisotopic (exact) mass is 279 g/mol. The van der Waals surface area contributed by atoms with Crippen molar-refractivity contribution in [2.45, 2.75) is 73.4 Å². The number of nitrogens with zero attached hydrogens (tertiary/aromatic N) is 2. The van der Waals surface area contributed by atoms with E-state index in [1.807, 2.05) is 6.20 Å². The topological polar surface area (TPSA) is 29.9 Å². The zero-order chi connectivity index (χ0) is 15.2. The fraction of sp³-hybridized carbons (Fsp3) is 0.824. The molecule has 0 aliphatic carbocycles. The average molecular weight is 279 g/mol. The summed E-state index contributed by atoms with van der Waals surface area (Å²) in [5.74, 6) is 1.90. The Morgan fingerprint density at radius 2 is 2.00 bits per heavy atom. The molecular weight excluding hydrogens is 246 g/mol. The number of hydrogen-bond acceptors (Lipinski definition) is 2. The Morgan fingerprint density at radius 1 is 1.30 bits per heavy atom. The van der Waals surface area contributed by atoms with Gasteiger partial charge in [0.2, 0.25) is 0 Å². The first-order valence-electron chi connectivity index (χ1n) is 8.11. The van der Waals surface area contributed by atoms with Gasteiger partial charge in [-0.3, -0.25) is 0 Å². The molecule has 0 saturated carbocycles. The van der Waals surface area contributed by atoms with Gasteiger partial charge < -0.3 is 9.88 Å². The predicted octanol–water partition coefficient (Wildman–Crippen LogP) is 4.41. The van der Waals surface area contributed by atoms with Gasteiger partial charge in [0.25, 0.3) is 0 Å². The number of aromatic nitrogens is 2. The minimum Gasteiger partial charge on any atom is -0.334 e. The Kier molecular flexibility index (Phi) is 6.74. The van der Waals surface area contributed by atoms with Crippen molar-refractivity contribution < 1.29 is 0 Å². The maximum Gasteiger partial charge on any atom is 0.125 e. The molecule has 3 nitrogen and oxygen atoms in total. The van der Waals surface area contributed by atoms with E-state index in [4.69, 9.17) is 0 Å². The van der Waals surface area contributed by atoms with Crippen molar-refractivity contribution in [3.8, 4) is 0 Å². The van der Waals surface area contributed by atoms with Crippen LogP contribution in [0.3, 0.4) is 0 Å². The van der Waals surface area contributed by atoms with Gasteiger partial charge in [-0.05, 0) is 44.1 Å². The summed E-state index contributed by atoms with van der Waals surface area (Å²) >= 11 is 0. The van der Waals surface area contributed by atoms with Crippen LogP contribution in [0.4, 0.5) is 0 Å². The van der Waals surface area contributed by atoms with Crippen LogP contribution >= 0.6 is 0 Å². The van der Waals surface area contributed by atoms with E-state index in [9.17, 15) is 0 Å². The van der Waals surface area contributed by atoms with E-state index >= 15 is 0 Å². The summed E-state index contributed by atoms with van der Waals surface area (Å²) < 4.78 is 2.26. The third kappa shape index (κ3) is 5.66. The molecule has 20 heavy (non-hydrogen) atoms. The second kappa shape index (κ2) is 7.82. The largest absolute Gasteiger partial charge is 0.334 e. The van der Waals surface area contributed by atoms with E-state index in [-0.39, 0.29) is 0 Å². The van der Waals surface area contributed by atoms with Crippen LogP contribution in [0.2, 0.25) is 0 Å². The van der Waals surface area contributed by atoms with Gasteiger partial charge in [-0.25, -0.2) is 4.98 Å². The van der Waals surface area contributed by atoms with Crippen molar-refractivity contribution in [2.24, 2.45) is 11.3 Å². The van der Waals surface area contributed by atoms with Crippen molar-refractivity contribution in [3.63, 3.8) is 0 Å². The summed E-state index contributed by atoms with van der Waals surface area (Å²) in [6.07, 6.45) is 7.59. The average Bonchev–Trinajstić information content (AvgIpc) is 2.80. The third-order valence-corrected chi connectivity index (χ3v) is 3.64. The van der Waals surface area contributed by atoms with Crippen LogP contribution in [0.25, 0.3) is 0 Å². The van der Waals surface area contributed by atoms with Gasteiger partial charge in [0, 0.05) is 18.9 Å². The quantitative estimate of drug-likeness (QED) is 0.764. The lowest BCUT2D eigenvalue weighted by atomic mass is 9.83. The first-order valence-corrected chi connectivity index (χ1v) is 8.11. The molecule has 0 aromatic carbocycles. The number of rotatable bonds is 8. The minimum atomic E-state index is 0.377. The van der Waals surface area contributed by atoms with Crippen LogP contribution in [0.15, 0.2) is 12.4 Å². The minimum absolute atomic E-state index is 0.377. The predicted molar refractivity (Wildman–Crippen MR) is 86.8 cm³/mol. The van der Waals surface area contributed by atoms with Gasteiger partial charge in [0.15, 0.2) is 0 Å². The number of aryl methyl sites for hydroxylation is 1. The van der Waals surface area contributed by atoms with E-state index < -0.39 is 0 Å². The Morgan fingerprint density at radius 3 is 2.55 bits per heavy atom. The molecule has 0 radical (unpaired) electrons. The highest BCUT2D eigenvalue weighted by Crippen LogP contribution is 2.30.